The third-order valence-electron chi connectivity index (χ3n) is 15.1. The summed E-state index contributed by atoms with van der Waals surface area (Å²) in [4.78, 5) is 0. The molecule has 7 unspecified atom stereocenters. The van der Waals surface area contributed by atoms with Gasteiger partial charge in [0.25, 0.3) is 0 Å². The SMILES string of the molecule is C[C@@H]1CC([C@H](O)C(C)(C)O)OC2C1[C@@]1(C)CCC34C[C@@]35CC[C@H](OC3CNCCO3)C(C)(C)C5CC[C@H]4C1(C)[C@H]2O. The van der Waals surface area contributed by atoms with Crippen molar-refractivity contribution in [1.29, 1.82) is 0 Å². The highest BCUT2D eigenvalue weighted by Crippen LogP contribution is 2.89. The van der Waals surface area contributed by atoms with Crippen LogP contribution in [0, 0.1) is 50.7 Å². The van der Waals surface area contributed by atoms with Crippen LogP contribution < -0.4 is 5.32 Å². The Hall–Kier alpha value is -0.280. The van der Waals surface area contributed by atoms with Crippen LogP contribution in [0.25, 0.3) is 0 Å². The molecule has 2 saturated heterocycles. The zero-order valence-electron chi connectivity index (χ0n) is 26.6. The third kappa shape index (κ3) is 3.69. The molecule has 0 aromatic carbocycles. The van der Waals surface area contributed by atoms with E-state index >= 15 is 0 Å². The van der Waals surface area contributed by atoms with Crippen molar-refractivity contribution in [2.45, 2.75) is 142 Å². The first-order valence-corrected chi connectivity index (χ1v) is 16.9. The van der Waals surface area contributed by atoms with Gasteiger partial charge in [0, 0.05) is 18.5 Å². The Kier molecular flexibility index (Phi) is 6.56. The summed E-state index contributed by atoms with van der Waals surface area (Å²) in [5, 5.41) is 37.3. The molecule has 2 aliphatic heterocycles. The molecule has 14 atom stereocenters. The zero-order valence-corrected chi connectivity index (χ0v) is 26.6. The van der Waals surface area contributed by atoms with Crippen LogP contribution in [0.4, 0.5) is 0 Å². The summed E-state index contributed by atoms with van der Waals surface area (Å²) >= 11 is 0. The first-order valence-electron chi connectivity index (χ1n) is 16.9. The topological polar surface area (TPSA) is 100 Å². The van der Waals surface area contributed by atoms with Crippen molar-refractivity contribution in [3.8, 4) is 0 Å². The zero-order chi connectivity index (χ0) is 29.4. The van der Waals surface area contributed by atoms with Crippen LogP contribution in [-0.2, 0) is 14.2 Å². The highest BCUT2D eigenvalue weighted by atomic mass is 16.7. The van der Waals surface area contributed by atoms with Gasteiger partial charge < -0.3 is 34.8 Å². The molecule has 7 heteroatoms. The van der Waals surface area contributed by atoms with Gasteiger partial charge in [-0.1, -0.05) is 34.6 Å². The lowest BCUT2D eigenvalue weighted by Gasteiger charge is -2.64. The summed E-state index contributed by atoms with van der Waals surface area (Å²) in [5.41, 5.74) is -0.714. The fraction of sp³-hybridized carbons (Fsp3) is 1.00. The van der Waals surface area contributed by atoms with E-state index in [1.165, 1.54) is 25.7 Å². The summed E-state index contributed by atoms with van der Waals surface area (Å²) in [6.07, 6.45) is 6.92. The van der Waals surface area contributed by atoms with Crippen LogP contribution in [0.15, 0.2) is 0 Å². The molecule has 0 aromatic rings. The smallest absolute Gasteiger partial charge is 0.170 e. The molecule has 0 bridgehead atoms. The standard InChI is InChI=1S/C34H57NO6/c1-19-16-20(27(36)30(4,5)38)40-26-25(19)31(6)12-13-34-18-33(34)11-10-23(41-24-17-35-14-15-39-24)29(2,3)21(33)8-9-22(34)32(31,7)28(26)37/h19-28,35-38H,8-18H2,1-7H3/t19-,20?,21?,22+,23+,24?,25?,26?,27+,28+,31-,32?,33-,34?/m1/s1. The van der Waals surface area contributed by atoms with Crippen LogP contribution in [0.5, 0.6) is 0 Å². The lowest BCUT2D eigenvalue weighted by Crippen LogP contribution is -2.60. The molecule has 5 aliphatic carbocycles. The number of ether oxygens (including phenoxy) is 3. The largest absolute Gasteiger partial charge is 0.390 e. The molecule has 7 fully saturated rings. The Morgan fingerprint density at radius 3 is 2.39 bits per heavy atom. The van der Waals surface area contributed by atoms with Gasteiger partial charge in [-0.05, 0) is 111 Å². The van der Waals surface area contributed by atoms with Crippen LogP contribution >= 0.6 is 0 Å². The second-order valence-corrected chi connectivity index (χ2v) is 17.3. The van der Waals surface area contributed by atoms with Gasteiger partial charge in [-0.2, -0.15) is 0 Å². The van der Waals surface area contributed by atoms with Crippen molar-refractivity contribution in [1.82, 2.24) is 5.32 Å². The molecular weight excluding hydrogens is 518 g/mol. The summed E-state index contributed by atoms with van der Waals surface area (Å²) in [6.45, 7) is 17.8. The normalized spacial score (nSPS) is 56.5. The summed E-state index contributed by atoms with van der Waals surface area (Å²) in [5.74, 6) is 1.70. The number of rotatable bonds is 4. The molecular formula is C34H57NO6. The Morgan fingerprint density at radius 1 is 1.00 bits per heavy atom. The molecule has 5 saturated carbocycles. The van der Waals surface area contributed by atoms with Crippen molar-refractivity contribution >= 4 is 0 Å². The Morgan fingerprint density at radius 2 is 1.71 bits per heavy atom. The molecule has 0 radical (unpaired) electrons. The maximum absolute atomic E-state index is 12.3. The van der Waals surface area contributed by atoms with Gasteiger partial charge in [-0.25, -0.2) is 0 Å². The quantitative estimate of drug-likeness (QED) is 0.398. The second kappa shape index (κ2) is 9.14. The minimum atomic E-state index is -1.24. The maximum atomic E-state index is 12.3. The van der Waals surface area contributed by atoms with Crippen LogP contribution in [-0.4, -0.2) is 77.4 Å². The predicted octanol–water partition coefficient (Wildman–Crippen LogP) is 4.26. The van der Waals surface area contributed by atoms with Crippen LogP contribution in [0.2, 0.25) is 0 Å². The van der Waals surface area contributed by atoms with Gasteiger partial charge in [0.2, 0.25) is 0 Å². The first-order chi connectivity index (χ1) is 19.1. The Bertz CT molecular complexity index is 1040. The molecule has 7 rings (SSSR count). The van der Waals surface area contributed by atoms with Gasteiger partial charge in [-0.3, -0.25) is 0 Å². The predicted molar refractivity (Wildman–Crippen MR) is 156 cm³/mol. The van der Waals surface area contributed by atoms with Crippen LogP contribution in [0.1, 0.15) is 99.8 Å². The summed E-state index contributed by atoms with van der Waals surface area (Å²) in [6, 6.07) is 0. The molecule has 2 spiro atoms. The van der Waals surface area contributed by atoms with Crippen molar-refractivity contribution in [2.75, 3.05) is 19.7 Å². The lowest BCUT2D eigenvalue weighted by molar-refractivity contribution is -0.237. The van der Waals surface area contributed by atoms with Crippen molar-refractivity contribution < 1.29 is 29.5 Å². The lowest BCUT2D eigenvalue weighted by atomic mass is 9.41. The van der Waals surface area contributed by atoms with E-state index in [-0.39, 0.29) is 40.7 Å². The number of hydrogen-bond acceptors (Lipinski definition) is 7. The van der Waals surface area contributed by atoms with E-state index in [0.717, 1.165) is 45.4 Å². The van der Waals surface area contributed by atoms with Gasteiger partial charge in [0.05, 0.1) is 36.6 Å². The second-order valence-electron chi connectivity index (χ2n) is 17.3. The highest BCUT2D eigenvalue weighted by Gasteiger charge is 2.84. The summed E-state index contributed by atoms with van der Waals surface area (Å²) < 4.78 is 19.3. The van der Waals surface area contributed by atoms with E-state index in [4.69, 9.17) is 14.2 Å². The molecule has 4 N–H and O–H groups in total. The minimum Gasteiger partial charge on any atom is -0.390 e. The van der Waals surface area contributed by atoms with E-state index in [1.54, 1.807) is 13.8 Å². The molecule has 41 heavy (non-hydrogen) atoms. The highest BCUT2D eigenvalue weighted by molar-refractivity contribution is 5.33. The van der Waals surface area contributed by atoms with Gasteiger partial charge in [-0.15, -0.1) is 0 Å². The number of nitrogens with one attached hydrogen (secondary N) is 1. The average molecular weight is 576 g/mol. The fourth-order valence-corrected chi connectivity index (χ4v) is 13.0. The first kappa shape index (κ1) is 29.4. The number of aliphatic hydroxyl groups is 3. The monoisotopic (exact) mass is 575 g/mol. The van der Waals surface area contributed by atoms with Crippen LogP contribution in [0.3, 0.4) is 0 Å². The van der Waals surface area contributed by atoms with E-state index < -0.39 is 23.9 Å². The number of hydrogen-bond donors (Lipinski definition) is 4. The number of morpholine rings is 1. The molecule has 7 nitrogen and oxygen atoms in total. The molecule has 0 amide bonds. The number of fused-ring (bicyclic) bond motifs is 4. The maximum Gasteiger partial charge on any atom is 0.170 e. The van der Waals surface area contributed by atoms with Gasteiger partial charge in [0.15, 0.2) is 6.29 Å². The number of aliphatic hydroxyl groups excluding tert-OH is 2. The fourth-order valence-electron chi connectivity index (χ4n) is 13.0. The van der Waals surface area contributed by atoms with Gasteiger partial charge in [0.1, 0.15) is 6.10 Å². The minimum absolute atomic E-state index is 0.00512. The molecule has 7 aliphatic rings. The third-order valence-corrected chi connectivity index (χ3v) is 15.1. The van der Waals surface area contributed by atoms with Crippen molar-refractivity contribution in [3.05, 3.63) is 0 Å². The van der Waals surface area contributed by atoms with E-state index in [0.29, 0.717) is 28.6 Å². The van der Waals surface area contributed by atoms with E-state index in [9.17, 15) is 15.3 Å². The summed E-state index contributed by atoms with van der Waals surface area (Å²) in [7, 11) is 0. The average Bonchev–Trinajstić information content (AvgIpc) is 3.54. The van der Waals surface area contributed by atoms with Crippen molar-refractivity contribution in [3.63, 3.8) is 0 Å². The molecule has 0 aromatic heterocycles. The van der Waals surface area contributed by atoms with Crippen molar-refractivity contribution in [2.24, 2.45) is 50.7 Å². The Balaban J connectivity index is 1.16. The molecule has 234 valence electrons. The van der Waals surface area contributed by atoms with E-state index in [1.807, 2.05) is 0 Å². The molecule has 2 heterocycles. The van der Waals surface area contributed by atoms with Gasteiger partial charge >= 0.3 is 0 Å². The van der Waals surface area contributed by atoms with E-state index in [2.05, 4.69) is 39.9 Å². The Labute approximate surface area is 247 Å².